The van der Waals surface area contributed by atoms with Crippen LogP contribution >= 0.6 is 12.4 Å². The fourth-order valence-corrected chi connectivity index (χ4v) is 2.11. The Labute approximate surface area is 131 Å². The van der Waals surface area contributed by atoms with Crippen molar-refractivity contribution in [3.63, 3.8) is 0 Å². The maximum atomic E-state index is 5.68. The minimum absolute atomic E-state index is 0. The van der Waals surface area contributed by atoms with Gasteiger partial charge in [-0.25, -0.2) is 0 Å². The van der Waals surface area contributed by atoms with Gasteiger partial charge in [0.05, 0.1) is 6.54 Å². The van der Waals surface area contributed by atoms with E-state index >= 15 is 0 Å². The number of aryl methyl sites for hydroxylation is 1. The van der Waals surface area contributed by atoms with E-state index in [2.05, 4.69) is 34.1 Å². The van der Waals surface area contributed by atoms with Gasteiger partial charge in [0.2, 0.25) is 5.89 Å². The lowest BCUT2D eigenvalue weighted by Crippen LogP contribution is -2.29. The molecule has 0 radical (unpaired) electrons. The van der Waals surface area contributed by atoms with Crippen LogP contribution in [0.1, 0.15) is 30.6 Å². The molecule has 0 saturated heterocycles. The maximum absolute atomic E-state index is 5.68. The normalized spacial score (nSPS) is 10.6. The highest BCUT2D eigenvalue weighted by Gasteiger charge is 2.11. The minimum atomic E-state index is 0. The van der Waals surface area contributed by atoms with Gasteiger partial charge in [0.1, 0.15) is 0 Å². The monoisotopic (exact) mass is 310 g/mol. The lowest BCUT2D eigenvalue weighted by atomic mass is 10.2. The van der Waals surface area contributed by atoms with Crippen molar-refractivity contribution < 1.29 is 4.52 Å². The van der Waals surface area contributed by atoms with E-state index in [1.807, 2.05) is 18.2 Å². The van der Waals surface area contributed by atoms with Crippen molar-refractivity contribution in [2.75, 3.05) is 13.1 Å². The summed E-state index contributed by atoms with van der Waals surface area (Å²) in [7, 11) is 0. The third-order valence-electron chi connectivity index (χ3n) is 3.03. The Morgan fingerprint density at radius 1 is 1.19 bits per heavy atom. The van der Waals surface area contributed by atoms with Crippen LogP contribution in [0.15, 0.2) is 34.9 Å². The van der Waals surface area contributed by atoms with Gasteiger partial charge in [-0.1, -0.05) is 42.4 Å². The number of nitrogens with zero attached hydrogens (tertiary/aromatic N) is 3. The summed E-state index contributed by atoms with van der Waals surface area (Å²) >= 11 is 0. The van der Waals surface area contributed by atoms with E-state index in [0.717, 1.165) is 37.6 Å². The zero-order chi connectivity index (χ0) is 14.2. The van der Waals surface area contributed by atoms with Gasteiger partial charge in [0.25, 0.3) is 0 Å². The van der Waals surface area contributed by atoms with Gasteiger partial charge in [-0.3, -0.25) is 4.90 Å². The summed E-state index contributed by atoms with van der Waals surface area (Å²) in [6.45, 7) is 5.04. The molecule has 1 aromatic heterocycles. The Kier molecular flexibility index (Phi) is 7.97. The number of hydrogen-bond donors (Lipinski definition) is 1. The van der Waals surface area contributed by atoms with Crippen LogP contribution in [0.3, 0.4) is 0 Å². The molecular weight excluding hydrogens is 288 g/mol. The Bertz CT molecular complexity index is 503. The van der Waals surface area contributed by atoms with Crippen LogP contribution in [-0.2, 0) is 19.5 Å². The fourth-order valence-electron chi connectivity index (χ4n) is 2.11. The highest BCUT2D eigenvalue weighted by molar-refractivity contribution is 5.85. The summed E-state index contributed by atoms with van der Waals surface area (Å²) in [5, 5.41) is 4.03. The van der Waals surface area contributed by atoms with Gasteiger partial charge < -0.3 is 10.3 Å². The van der Waals surface area contributed by atoms with Crippen molar-refractivity contribution in [3.8, 4) is 0 Å². The van der Waals surface area contributed by atoms with E-state index in [9.17, 15) is 0 Å². The van der Waals surface area contributed by atoms with E-state index in [1.165, 1.54) is 5.56 Å². The van der Waals surface area contributed by atoms with Crippen LogP contribution in [0.5, 0.6) is 0 Å². The predicted molar refractivity (Wildman–Crippen MR) is 85.2 cm³/mol. The first-order chi connectivity index (χ1) is 9.81. The van der Waals surface area contributed by atoms with Gasteiger partial charge in [-0.05, 0) is 12.0 Å². The molecule has 0 aliphatic rings. The highest BCUT2D eigenvalue weighted by Crippen LogP contribution is 2.08. The second-order valence-corrected chi connectivity index (χ2v) is 4.84. The molecule has 0 saturated carbocycles. The molecule has 6 heteroatoms. The molecule has 21 heavy (non-hydrogen) atoms. The van der Waals surface area contributed by atoms with Crippen molar-refractivity contribution >= 4 is 12.4 Å². The second kappa shape index (κ2) is 9.50. The fraction of sp³-hybridized carbons (Fsp3) is 0.467. The summed E-state index contributed by atoms with van der Waals surface area (Å²) in [4.78, 5) is 6.64. The molecule has 0 unspecified atom stereocenters. The molecule has 2 rings (SSSR count). The van der Waals surface area contributed by atoms with Gasteiger partial charge in [-0.2, -0.15) is 4.98 Å². The van der Waals surface area contributed by atoms with E-state index in [-0.39, 0.29) is 12.4 Å². The zero-order valence-electron chi connectivity index (χ0n) is 12.4. The predicted octanol–water partition coefficient (Wildman–Crippen LogP) is 2.40. The molecule has 0 amide bonds. The summed E-state index contributed by atoms with van der Waals surface area (Å²) < 4.78 is 5.22. The Morgan fingerprint density at radius 3 is 2.62 bits per heavy atom. The molecule has 0 spiro atoms. The first kappa shape index (κ1) is 17.6. The molecule has 2 aromatic rings. The van der Waals surface area contributed by atoms with E-state index in [0.29, 0.717) is 13.1 Å². The van der Waals surface area contributed by atoms with Gasteiger partial charge in [0.15, 0.2) is 5.82 Å². The molecule has 116 valence electrons. The molecule has 0 aliphatic carbocycles. The van der Waals surface area contributed by atoms with E-state index in [4.69, 9.17) is 10.3 Å². The van der Waals surface area contributed by atoms with Crippen molar-refractivity contribution in [2.45, 2.75) is 32.9 Å². The number of rotatable bonds is 8. The first-order valence-corrected chi connectivity index (χ1v) is 7.09. The summed E-state index contributed by atoms with van der Waals surface area (Å²) in [5.41, 5.74) is 6.95. The molecule has 1 heterocycles. The highest BCUT2D eigenvalue weighted by atomic mass is 35.5. The van der Waals surface area contributed by atoms with Crippen LogP contribution < -0.4 is 5.73 Å². The third kappa shape index (κ3) is 5.83. The van der Waals surface area contributed by atoms with E-state index in [1.54, 1.807) is 0 Å². The lowest BCUT2D eigenvalue weighted by molar-refractivity contribution is 0.252. The van der Waals surface area contributed by atoms with Crippen molar-refractivity contribution in [3.05, 3.63) is 47.6 Å². The number of benzene rings is 1. The quantitative estimate of drug-likeness (QED) is 0.811. The Hall–Kier alpha value is -1.43. The van der Waals surface area contributed by atoms with Crippen LogP contribution in [0, 0.1) is 0 Å². The average molecular weight is 311 g/mol. The molecule has 0 fully saturated rings. The number of halogens is 1. The number of aromatic nitrogens is 2. The SMILES string of the molecule is CCCc1nc(CN(CCN)Cc2ccccc2)no1.Cl. The summed E-state index contributed by atoms with van der Waals surface area (Å²) in [6.07, 6.45) is 1.85. The summed E-state index contributed by atoms with van der Waals surface area (Å²) in [5.74, 6) is 1.45. The smallest absolute Gasteiger partial charge is 0.226 e. The minimum Gasteiger partial charge on any atom is -0.339 e. The molecule has 1 aromatic carbocycles. The average Bonchev–Trinajstić information content (AvgIpc) is 2.88. The molecular formula is C15H23ClN4O. The van der Waals surface area contributed by atoms with Crippen molar-refractivity contribution in [2.24, 2.45) is 5.73 Å². The third-order valence-corrected chi connectivity index (χ3v) is 3.03. The van der Waals surface area contributed by atoms with Crippen LogP contribution in [0.2, 0.25) is 0 Å². The Balaban J connectivity index is 0.00000220. The molecule has 0 aliphatic heterocycles. The molecule has 2 N–H and O–H groups in total. The standard InChI is InChI=1S/C15H22N4O.ClH/c1-2-6-15-17-14(18-20-15)12-19(10-9-16)11-13-7-4-3-5-8-13;/h3-5,7-8H,2,6,9-12,16H2,1H3;1H. The molecule has 0 bridgehead atoms. The van der Waals surface area contributed by atoms with Gasteiger partial charge in [-0.15, -0.1) is 12.4 Å². The van der Waals surface area contributed by atoms with Crippen molar-refractivity contribution in [1.29, 1.82) is 0 Å². The molecule has 5 nitrogen and oxygen atoms in total. The largest absolute Gasteiger partial charge is 0.339 e. The number of hydrogen-bond acceptors (Lipinski definition) is 5. The zero-order valence-corrected chi connectivity index (χ0v) is 13.2. The second-order valence-electron chi connectivity index (χ2n) is 4.84. The maximum Gasteiger partial charge on any atom is 0.226 e. The summed E-state index contributed by atoms with van der Waals surface area (Å²) in [6, 6.07) is 10.3. The topological polar surface area (TPSA) is 68.2 Å². The first-order valence-electron chi connectivity index (χ1n) is 7.09. The van der Waals surface area contributed by atoms with Crippen LogP contribution in [0.4, 0.5) is 0 Å². The lowest BCUT2D eigenvalue weighted by Gasteiger charge is -2.19. The molecule has 0 atom stereocenters. The van der Waals surface area contributed by atoms with Crippen molar-refractivity contribution in [1.82, 2.24) is 15.0 Å². The van der Waals surface area contributed by atoms with Crippen LogP contribution in [-0.4, -0.2) is 28.1 Å². The van der Waals surface area contributed by atoms with Gasteiger partial charge in [0, 0.05) is 26.1 Å². The van der Waals surface area contributed by atoms with E-state index < -0.39 is 0 Å². The van der Waals surface area contributed by atoms with Gasteiger partial charge >= 0.3 is 0 Å². The Morgan fingerprint density at radius 2 is 1.95 bits per heavy atom. The van der Waals surface area contributed by atoms with Crippen LogP contribution in [0.25, 0.3) is 0 Å². The number of nitrogens with two attached hydrogens (primary N) is 1.